The van der Waals surface area contributed by atoms with Crippen molar-refractivity contribution in [3.8, 4) is 0 Å². The maximum absolute atomic E-state index is 12.8. The zero-order valence-electron chi connectivity index (χ0n) is 15.0. The van der Waals surface area contributed by atoms with Crippen LogP contribution in [0.1, 0.15) is 24.0 Å². The Morgan fingerprint density at radius 2 is 1.89 bits per heavy atom. The zero-order valence-corrected chi connectivity index (χ0v) is 15.0. The topological polar surface area (TPSA) is 80.2 Å². The number of carbonyl (C=O) groups is 2. The number of aryl methyl sites for hydroxylation is 1. The molecule has 0 radical (unpaired) electrons. The molecular weight excluding hydrogens is 375 g/mol. The number of hydrogen-bond acceptors (Lipinski definition) is 3. The maximum atomic E-state index is 12.8. The van der Waals surface area contributed by atoms with Gasteiger partial charge in [-0.1, -0.05) is 6.07 Å². The fraction of sp³-hybridized carbons (Fsp3) is 0.316. The van der Waals surface area contributed by atoms with Gasteiger partial charge in [-0.3, -0.25) is 14.4 Å². The summed E-state index contributed by atoms with van der Waals surface area (Å²) in [7, 11) is 0. The van der Waals surface area contributed by atoms with Crippen LogP contribution in [0.2, 0.25) is 0 Å². The first-order valence-corrected chi connectivity index (χ1v) is 8.63. The summed E-state index contributed by atoms with van der Waals surface area (Å²) in [5.41, 5.74) is -1.00. The summed E-state index contributed by atoms with van der Waals surface area (Å²) in [5.74, 6) is -0.723. The number of benzene rings is 1. The Morgan fingerprint density at radius 1 is 1.18 bits per heavy atom. The summed E-state index contributed by atoms with van der Waals surface area (Å²) >= 11 is 0. The molecule has 2 aromatic rings. The molecular formula is C19H18F3N3O3. The van der Waals surface area contributed by atoms with Gasteiger partial charge in [0.05, 0.1) is 0 Å². The summed E-state index contributed by atoms with van der Waals surface area (Å²) in [4.78, 5) is 36.0. The lowest BCUT2D eigenvalue weighted by Gasteiger charge is -2.13. The third-order valence-corrected chi connectivity index (χ3v) is 4.37. The van der Waals surface area contributed by atoms with Crippen LogP contribution in [-0.2, 0) is 22.3 Å². The van der Waals surface area contributed by atoms with Crippen LogP contribution < -0.4 is 16.2 Å². The second-order valence-corrected chi connectivity index (χ2v) is 6.69. The predicted molar refractivity (Wildman–Crippen MR) is 96.9 cm³/mol. The lowest BCUT2D eigenvalue weighted by molar-refractivity contribution is -0.139. The Labute approximate surface area is 158 Å². The molecule has 1 heterocycles. The Balaban J connectivity index is 1.73. The van der Waals surface area contributed by atoms with Crippen molar-refractivity contribution in [2.45, 2.75) is 32.5 Å². The highest BCUT2D eigenvalue weighted by molar-refractivity contribution is 5.96. The SMILES string of the molecule is Cc1ccc(NC(=O)C2CC2)cc1NC(=O)Cn1cccc(C(F)(F)F)c1=O. The van der Waals surface area contributed by atoms with E-state index in [1.165, 1.54) is 0 Å². The minimum Gasteiger partial charge on any atom is -0.326 e. The molecule has 0 aliphatic heterocycles. The fourth-order valence-corrected chi connectivity index (χ4v) is 2.65. The number of hydrogen-bond donors (Lipinski definition) is 2. The van der Waals surface area contributed by atoms with E-state index in [9.17, 15) is 27.6 Å². The van der Waals surface area contributed by atoms with Crippen LogP contribution >= 0.6 is 0 Å². The van der Waals surface area contributed by atoms with Crippen molar-refractivity contribution in [2.24, 2.45) is 5.92 Å². The molecule has 148 valence electrons. The molecule has 0 unspecified atom stereocenters. The third-order valence-electron chi connectivity index (χ3n) is 4.37. The molecule has 6 nitrogen and oxygen atoms in total. The van der Waals surface area contributed by atoms with E-state index >= 15 is 0 Å². The van der Waals surface area contributed by atoms with Crippen LogP contribution in [0.4, 0.5) is 24.5 Å². The summed E-state index contributed by atoms with van der Waals surface area (Å²) in [6.45, 7) is 1.17. The number of anilines is 2. The van der Waals surface area contributed by atoms with Gasteiger partial charge in [0.15, 0.2) is 0 Å². The van der Waals surface area contributed by atoms with Crippen molar-refractivity contribution < 1.29 is 22.8 Å². The van der Waals surface area contributed by atoms with Gasteiger partial charge in [0.1, 0.15) is 12.1 Å². The zero-order chi connectivity index (χ0) is 20.5. The van der Waals surface area contributed by atoms with Crippen LogP contribution in [0.5, 0.6) is 0 Å². The van der Waals surface area contributed by atoms with E-state index in [0.717, 1.165) is 25.1 Å². The largest absolute Gasteiger partial charge is 0.421 e. The van der Waals surface area contributed by atoms with Crippen molar-refractivity contribution in [1.82, 2.24) is 4.57 Å². The second kappa shape index (κ2) is 7.49. The molecule has 1 aromatic carbocycles. The van der Waals surface area contributed by atoms with Gasteiger partial charge in [0.25, 0.3) is 5.56 Å². The summed E-state index contributed by atoms with van der Waals surface area (Å²) in [6, 6.07) is 6.71. The monoisotopic (exact) mass is 393 g/mol. The van der Waals surface area contributed by atoms with Crippen LogP contribution in [0, 0.1) is 12.8 Å². The molecule has 9 heteroatoms. The van der Waals surface area contributed by atoms with Crippen LogP contribution in [0.15, 0.2) is 41.3 Å². The van der Waals surface area contributed by atoms with Crippen LogP contribution in [0.3, 0.4) is 0 Å². The minimum atomic E-state index is -4.79. The average molecular weight is 393 g/mol. The van der Waals surface area contributed by atoms with E-state index in [2.05, 4.69) is 10.6 Å². The Kier molecular flexibility index (Phi) is 5.26. The molecule has 2 N–H and O–H groups in total. The van der Waals surface area contributed by atoms with Gasteiger partial charge in [0, 0.05) is 23.5 Å². The van der Waals surface area contributed by atoms with E-state index in [0.29, 0.717) is 27.6 Å². The first-order chi connectivity index (χ1) is 13.1. The van der Waals surface area contributed by atoms with Crippen molar-refractivity contribution in [2.75, 3.05) is 10.6 Å². The number of alkyl halides is 3. The molecule has 1 aliphatic carbocycles. The number of amides is 2. The van der Waals surface area contributed by atoms with Gasteiger partial charge in [-0.05, 0) is 49.6 Å². The highest BCUT2D eigenvalue weighted by Gasteiger charge is 2.34. The Bertz CT molecular complexity index is 978. The molecule has 1 aliphatic rings. The number of halogens is 3. The van der Waals surface area contributed by atoms with E-state index in [1.54, 1.807) is 25.1 Å². The van der Waals surface area contributed by atoms with Crippen LogP contribution in [-0.4, -0.2) is 16.4 Å². The van der Waals surface area contributed by atoms with Crippen molar-refractivity contribution in [3.05, 3.63) is 58.0 Å². The summed E-state index contributed by atoms with van der Waals surface area (Å²) in [5, 5.41) is 5.33. The molecule has 1 aromatic heterocycles. The molecule has 28 heavy (non-hydrogen) atoms. The third kappa shape index (κ3) is 4.59. The molecule has 3 rings (SSSR count). The predicted octanol–water partition coefficient (Wildman–Crippen LogP) is 3.16. The van der Waals surface area contributed by atoms with Gasteiger partial charge in [0.2, 0.25) is 11.8 Å². The van der Waals surface area contributed by atoms with Gasteiger partial charge < -0.3 is 15.2 Å². The van der Waals surface area contributed by atoms with E-state index < -0.39 is 29.8 Å². The van der Waals surface area contributed by atoms with E-state index in [1.807, 2.05) is 0 Å². The molecule has 0 bridgehead atoms. The number of nitrogens with zero attached hydrogens (tertiary/aromatic N) is 1. The van der Waals surface area contributed by atoms with E-state index in [4.69, 9.17) is 0 Å². The van der Waals surface area contributed by atoms with Gasteiger partial charge >= 0.3 is 6.18 Å². The minimum absolute atomic E-state index is 0.0205. The number of pyridine rings is 1. The smallest absolute Gasteiger partial charge is 0.326 e. The fourth-order valence-electron chi connectivity index (χ4n) is 2.65. The number of aromatic nitrogens is 1. The molecule has 1 fully saturated rings. The Hall–Kier alpha value is -3.10. The molecule has 0 spiro atoms. The lowest BCUT2D eigenvalue weighted by Crippen LogP contribution is -2.32. The molecule has 0 saturated heterocycles. The molecule has 0 atom stereocenters. The number of rotatable bonds is 5. The normalized spacial score (nSPS) is 13.9. The highest BCUT2D eigenvalue weighted by Crippen LogP contribution is 2.31. The second-order valence-electron chi connectivity index (χ2n) is 6.69. The molecule has 2 amide bonds. The maximum Gasteiger partial charge on any atom is 0.421 e. The van der Waals surface area contributed by atoms with Crippen LogP contribution in [0.25, 0.3) is 0 Å². The first-order valence-electron chi connectivity index (χ1n) is 8.63. The first kappa shape index (κ1) is 19.7. The summed E-state index contributed by atoms with van der Waals surface area (Å²) in [6.07, 6.45) is -1.96. The van der Waals surface area contributed by atoms with Gasteiger partial charge in [-0.15, -0.1) is 0 Å². The Morgan fingerprint density at radius 3 is 2.54 bits per heavy atom. The standard InChI is InChI=1S/C19H18F3N3O3/c1-11-4-7-13(23-17(27)12-5-6-12)9-15(11)24-16(26)10-25-8-2-3-14(18(25)28)19(20,21)22/h2-4,7-9,12H,5-6,10H2,1H3,(H,23,27)(H,24,26). The highest BCUT2D eigenvalue weighted by atomic mass is 19.4. The van der Waals surface area contributed by atoms with Gasteiger partial charge in [-0.25, -0.2) is 0 Å². The summed E-state index contributed by atoms with van der Waals surface area (Å²) < 4.78 is 39.2. The lowest BCUT2D eigenvalue weighted by atomic mass is 10.1. The van der Waals surface area contributed by atoms with Crippen molar-refractivity contribution >= 4 is 23.2 Å². The average Bonchev–Trinajstić information content (AvgIpc) is 3.44. The molecule has 1 saturated carbocycles. The van der Waals surface area contributed by atoms with Gasteiger partial charge in [-0.2, -0.15) is 13.2 Å². The van der Waals surface area contributed by atoms with Crippen molar-refractivity contribution in [3.63, 3.8) is 0 Å². The number of carbonyl (C=O) groups excluding carboxylic acids is 2. The number of nitrogens with one attached hydrogen (secondary N) is 2. The quantitative estimate of drug-likeness (QED) is 0.819. The van der Waals surface area contributed by atoms with Crippen molar-refractivity contribution in [1.29, 1.82) is 0 Å². The van der Waals surface area contributed by atoms with E-state index in [-0.39, 0.29) is 11.8 Å².